The van der Waals surface area contributed by atoms with Crippen molar-refractivity contribution in [3.05, 3.63) is 322 Å². The molecule has 6 aromatic carbocycles. The zero-order valence-corrected chi connectivity index (χ0v) is 60.4. The van der Waals surface area contributed by atoms with Crippen LogP contribution in [0, 0.1) is 68.2 Å². The lowest BCUT2D eigenvalue weighted by Gasteiger charge is -2.09. The Kier molecular flexibility index (Phi) is 23.6. The van der Waals surface area contributed by atoms with Crippen LogP contribution in [0.3, 0.4) is 0 Å². The van der Waals surface area contributed by atoms with Gasteiger partial charge < -0.3 is 0 Å². The van der Waals surface area contributed by atoms with Gasteiger partial charge in [-0.15, -0.1) is 0 Å². The summed E-state index contributed by atoms with van der Waals surface area (Å²) in [4.78, 5) is 0. The summed E-state index contributed by atoms with van der Waals surface area (Å²) >= 11 is 0. The van der Waals surface area contributed by atoms with E-state index in [-0.39, 0.29) is 0 Å². The summed E-state index contributed by atoms with van der Waals surface area (Å²) in [6, 6.07) is 74.7. The lowest BCUT2D eigenvalue weighted by atomic mass is 9.97. The standard InChI is InChI=1S/C17H22N.C16H20N.C15H18N.3C14H16N/c1-13(2)11-15-8-9-16(14(3)12-15)17-7-5-6-10-18(17)4;1-12(2)14-9-10-17(4)16(11-14)15-8-6-5-7-13(15)3;1-4-13-8-9-14(12(2)11-13)15-7-5-6-10-16(15)3;2*1-11-7-8-13(12(2)10-11)14-6-4-5-9-15(14)3;1-11-7-8-12(2)13(10-11)14-6-4-5-9-15(14)3/h5-10,12-13H,11H2,1-4H3;5-12H,1-4H3;5-11H,4H2,1-3H3;3*4-10H,1-3H3/q6*+1/i;1D3,12D;;1D3;;. The molecule has 0 amide bonds. The normalized spacial score (nSPS) is 12.5. The third-order valence-electron chi connectivity index (χ3n) is 17.3. The second-order valence-electron chi connectivity index (χ2n) is 25.8. The van der Waals surface area contributed by atoms with Crippen LogP contribution in [0.25, 0.3) is 67.5 Å². The molecule has 1 unspecified atom stereocenters. The molecule has 0 bridgehead atoms. The molecule has 12 rings (SSSR count). The quantitative estimate of drug-likeness (QED) is 0.122. The molecular weight excluding hydrogens is 1170 g/mol. The first-order valence-electron chi connectivity index (χ1n) is 37.0. The molecule has 1 atom stereocenters. The molecule has 96 heavy (non-hydrogen) atoms. The molecule has 0 aliphatic carbocycles. The van der Waals surface area contributed by atoms with Crippen molar-refractivity contribution in [1.29, 1.82) is 0 Å². The minimum absolute atomic E-state index is 0.391. The van der Waals surface area contributed by atoms with E-state index in [0.717, 1.165) is 46.5 Å². The van der Waals surface area contributed by atoms with Crippen molar-refractivity contribution in [1.82, 2.24) is 0 Å². The van der Waals surface area contributed by atoms with Crippen LogP contribution in [0.5, 0.6) is 0 Å². The van der Waals surface area contributed by atoms with Gasteiger partial charge in [-0.05, 0) is 204 Å². The molecule has 0 radical (unpaired) electrons. The predicted molar refractivity (Wildman–Crippen MR) is 403 cm³/mol. The van der Waals surface area contributed by atoms with E-state index in [2.05, 4.69) is 273 Å². The Hall–Kier alpha value is -9.78. The number of aryl methyl sites for hydroxylation is 16. The van der Waals surface area contributed by atoms with Gasteiger partial charge in [-0.1, -0.05) is 130 Å². The summed E-state index contributed by atoms with van der Waals surface area (Å²) in [6.45, 7) is 20.7. The fourth-order valence-corrected chi connectivity index (χ4v) is 11.9. The molecule has 0 fully saturated rings. The van der Waals surface area contributed by atoms with Gasteiger partial charge in [0.25, 0.3) is 0 Å². The van der Waals surface area contributed by atoms with E-state index in [1.54, 1.807) is 18.2 Å². The number of aromatic nitrogens is 6. The molecule has 0 aliphatic heterocycles. The van der Waals surface area contributed by atoms with Gasteiger partial charge in [0.2, 0.25) is 34.2 Å². The average Bonchev–Trinajstić information content (AvgIpc) is 0.780. The number of pyridine rings is 6. The van der Waals surface area contributed by atoms with Gasteiger partial charge in [-0.2, -0.15) is 0 Å². The summed E-state index contributed by atoms with van der Waals surface area (Å²) in [5.41, 5.74) is 28.2. The van der Waals surface area contributed by atoms with Crippen molar-refractivity contribution < 1.29 is 37.0 Å². The number of rotatable bonds is 10. The molecular formula is C90H108N6+6. The summed E-state index contributed by atoms with van der Waals surface area (Å²) in [6.07, 6.45) is 14.4. The van der Waals surface area contributed by atoms with Crippen molar-refractivity contribution in [3.63, 3.8) is 0 Å². The topological polar surface area (TPSA) is 23.3 Å². The third kappa shape index (κ3) is 20.6. The van der Waals surface area contributed by atoms with Gasteiger partial charge in [-0.3, -0.25) is 0 Å². The second-order valence-corrected chi connectivity index (χ2v) is 25.8. The van der Waals surface area contributed by atoms with E-state index >= 15 is 0 Å². The van der Waals surface area contributed by atoms with Gasteiger partial charge in [0.05, 0.1) is 0 Å². The minimum atomic E-state index is -2.37. The monoisotopic (exact) mass is 1280 g/mol. The summed E-state index contributed by atoms with van der Waals surface area (Å²) in [5, 5.41) is 0. The molecule has 6 aromatic heterocycles. The number of benzene rings is 6. The SMILES string of the molecule is CCc1ccc(-c2cccc[n+]2C)c(C)c1.Cc1cc(CC(C)C)ccc1-c1cccc[n+]1C.Cc1ccc(-c2cccc[n+]2C)c(C)c1.Cc1ccc(C)c(-c2cccc[n+]2C)c1.[2H]C([2H])([2H])C([2H])(C)c1cc[n+](C)c(-c2ccccc2C)c1.[2H]C([2H])([2H])c1ccc(-c2cccc[n+]2C)c(C)c1. The fourth-order valence-electron chi connectivity index (χ4n) is 11.9. The van der Waals surface area contributed by atoms with Crippen LogP contribution < -0.4 is 27.4 Å². The number of hydrogen-bond acceptors (Lipinski definition) is 0. The van der Waals surface area contributed by atoms with E-state index < -0.39 is 19.6 Å². The van der Waals surface area contributed by atoms with Crippen LogP contribution in [0.2, 0.25) is 0 Å². The number of nitrogens with zero attached hydrogens (tertiary/aromatic N) is 6. The van der Waals surface area contributed by atoms with Gasteiger partial charge in [0.15, 0.2) is 37.2 Å². The Morgan fingerprint density at radius 2 is 0.667 bits per heavy atom. The Morgan fingerprint density at radius 3 is 1.08 bits per heavy atom. The Morgan fingerprint density at radius 1 is 0.312 bits per heavy atom. The molecule has 492 valence electrons. The Labute approximate surface area is 587 Å². The van der Waals surface area contributed by atoms with Crippen LogP contribution >= 0.6 is 0 Å². The van der Waals surface area contributed by atoms with Crippen LogP contribution in [-0.2, 0) is 55.1 Å². The van der Waals surface area contributed by atoms with E-state index in [1.807, 2.05) is 110 Å². The first-order chi connectivity index (χ1) is 48.7. The molecule has 6 heteroatoms. The van der Waals surface area contributed by atoms with Crippen molar-refractivity contribution in [3.8, 4) is 67.5 Å². The maximum atomic E-state index is 8.23. The van der Waals surface area contributed by atoms with E-state index in [4.69, 9.17) is 9.60 Å². The highest BCUT2D eigenvalue weighted by Gasteiger charge is 2.17. The Balaban J connectivity index is 0.000000174. The zero-order chi connectivity index (χ0) is 75.5. The maximum absolute atomic E-state index is 8.23. The Bertz CT molecular complexity index is 4820. The first kappa shape index (κ1) is 63.6. The maximum Gasteiger partial charge on any atom is 0.212 e. The van der Waals surface area contributed by atoms with E-state index in [1.165, 1.54) is 96.5 Å². The highest BCUT2D eigenvalue weighted by atomic mass is 14.9. The largest absolute Gasteiger partial charge is 0.212 e. The molecule has 0 spiro atoms. The van der Waals surface area contributed by atoms with Crippen LogP contribution in [0.1, 0.15) is 117 Å². The van der Waals surface area contributed by atoms with Gasteiger partial charge in [-0.25, -0.2) is 27.4 Å². The molecule has 12 aromatic rings. The van der Waals surface area contributed by atoms with Gasteiger partial charge >= 0.3 is 0 Å². The highest BCUT2D eigenvalue weighted by Crippen LogP contribution is 2.27. The molecule has 0 aliphatic rings. The van der Waals surface area contributed by atoms with Crippen LogP contribution in [0.4, 0.5) is 0 Å². The molecule has 0 N–H and O–H groups in total. The fraction of sp³-hybridized carbons (Fsp3) is 0.267. The molecule has 0 saturated carbocycles. The molecule has 6 heterocycles. The summed E-state index contributed by atoms with van der Waals surface area (Å²) in [5.74, 6) is -0.915. The highest BCUT2D eigenvalue weighted by molar-refractivity contribution is 5.66. The smallest absolute Gasteiger partial charge is 0.201 e. The first-order valence-corrected chi connectivity index (χ1v) is 33.5. The minimum Gasteiger partial charge on any atom is -0.201 e. The van der Waals surface area contributed by atoms with Crippen molar-refractivity contribution in [2.45, 2.75) is 116 Å². The lowest BCUT2D eigenvalue weighted by molar-refractivity contribution is -0.660. The van der Waals surface area contributed by atoms with E-state index in [0.29, 0.717) is 17.0 Å². The second kappa shape index (κ2) is 35.6. The van der Waals surface area contributed by atoms with Crippen molar-refractivity contribution >= 4 is 0 Å². The molecule has 0 saturated heterocycles. The predicted octanol–water partition coefficient (Wildman–Crippen LogP) is 18.7. The summed E-state index contributed by atoms with van der Waals surface area (Å²) < 4.78 is 65.8. The zero-order valence-electron chi connectivity index (χ0n) is 67.4. The van der Waals surface area contributed by atoms with Crippen LogP contribution in [-0.4, -0.2) is 0 Å². The van der Waals surface area contributed by atoms with Crippen molar-refractivity contribution in [2.24, 2.45) is 48.2 Å². The third-order valence-corrected chi connectivity index (χ3v) is 17.3. The van der Waals surface area contributed by atoms with Gasteiger partial charge in [0.1, 0.15) is 42.3 Å². The van der Waals surface area contributed by atoms with Gasteiger partial charge in [0, 0.05) is 116 Å². The van der Waals surface area contributed by atoms with Crippen LogP contribution in [0.15, 0.2) is 256 Å². The molecule has 6 nitrogen and oxygen atoms in total. The number of hydrogen-bond donors (Lipinski definition) is 0. The average molecular weight is 1280 g/mol. The summed E-state index contributed by atoms with van der Waals surface area (Å²) in [7, 11) is 12.2. The van der Waals surface area contributed by atoms with Crippen molar-refractivity contribution in [2.75, 3.05) is 0 Å². The van der Waals surface area contributed by atoms with E-state index in [9.17, 15) is 0 Å². The lowest BCUT2D eigenvalue weighted by Crippen LogP contribution is -2.30.